The molecule has 0 atom stereocenters. The van der Waals surface area contributed by atoms with E-state index in [1.165, 1.54) is 0 Å². The van der Waals surface area contributed by atoms with Gasteiger partial charge < -0.3 is 5.73 Å². The molecule has 0 radical (unpaired) electrons. The Balaban J connectivity index is 3.10. The Morgan fingerprint density at radius 2 is 2.23 bits per heavy atom. The number of hydrogen-bond donors (Lipinski definition) is 2. The summed E-state index contributed by atoms with van der Waals surface area (Å²) in [6.45, 7) is 4.10. The van der Waals surface area contributed by atoms with Gasteiger partial charge in [0.05, 0.1) is 0 Å². The molecule has 0 spiro atoms. The molecule has 1 aromatic carbocycles. The first-order chi connectivity index (χ1) is 6.15. The lowest BCUT2D eigenvalue weighted by Crippen LogP contribution is -2.12. The maximum atomic E-state index is 7.42. The zero-order valence-electron chi connectivity index (χ0n) is 7.92. The van der Waals surface area contributed by atoms with Crippen LogP contribution in [0.25, 0.3) is 0 Å². The van der Waals surface area contributed by atoms with Crippen LogP contribution in [0.15, 0.2) is 23.1 Å². The predicted molar refractivity (Wildman–Crippen MR) is 58.6 cm³/mol. The van der Waals surface area contributed by atoms with E-state index in [9.17, 15) is 0 Å². The first-order valence-corrected chi connectivity index (χ1v) is 5.21. The number of benzene rings is 1. The van der Waals surface area contributed by atoms with Gasteiger partial charge in [0, 0.05) is 10.5 Å². The summed E-state index contributed by atoms with van der Waals surface area (Å²) in [7, 11) is 0. The van der Waals surface area contributed by atoms with E-state index in [1.54, 1.807) is 11.8 Å². The van der Waals surface area contributed by atoms with Crippen LogP contribution in [0.1, 0.15) is 18.1 Å². The molecule has 0 fully saturated rings. The Kier molecular flexibility index (Phi) is 3.37. The number of nitrogen functional groups attached to an aromatic ring is 1. The topological polar surface area (TPSA) is 49.9 Å². The minimum Gasteiger partial charge on any atom is -0.384 e. The largest absolute Gasteiger partial charge is 0.384 e. The van der Waals surface area contributed by atoms with Gasteiger partial charge in [0.25, 0.3) is 0 Å². The summed E-state index contributed by atoms with van der Waals surface area (Å²) in [4.78, 5) is 1.10. The summed E-state index contributed by atoms with van der Waals surface area (Å²) < 4.78 is 0. The third-order valence-corrected chi connectivity index (χ3v) is 2.68. The SMILES string of the molecule is CCSc1ccc(C)cc1C(=N)N. The Morgan fingerprint density at radius 3 is 2.77 bits per heavy atom. The predicted octanol–water partition coefficient (Wildman–Crippen LogP) is 2.39. The molecule has 0 aliphatic rings. The first kappa shape index (κ1) is 10.1. The van der Waals surface area contributed by atoms with Gasteiger partial charge in [0.1, 0.15) is 5.84 Å². The second-order valence-corrected chi connectivity index (χ2v) is 4.15. The molecular weight excluding hydrogens is 180 g/mol. The summed E-state index contributed by atoms with van der Waals surface area (Å²) >= 11 is 1.72. The molecule has 3 N–H and O–H groups in total. The van der Waals surface area contributed by atoms with Gasteiger partial charge in [-0.15, -0.1) is 11.8 Å². The number of amidine groups is 1. The molecule has 1 rings (SSSR count). The standard InChI is InChI=1S/C10H14N2S/c1-3-13-9-5-4-7(2)6-8(9)10(11)12/h4-6H,3H2,1-2H3,(H3,11,12). The second kappa shape index (κ2) is 4.33. The number of thioether (sulfide) groups is 1. The van der Waals surface area contributed by atoms with E-state index in [4.69, 9.17) is 11.1 Å². The maximum Gasteiger partial charge on any atom is 0.123 e. The molecule has 70 valence electrons. The highest BCUT2D eigenvalue weighted by molar-refractivity contribution is 7.99. The molecule has 0 unspecified atom stereocenters. The van der Waals surface area contributed by atoms with Crippen molar-refractivity contribution in [2.45, 2.75) is 18.7 Å². The minimum atomic E-state index is 0.152. The third-order valence-electron chi connectivity index (χ3n) is 1.73. The molecule has 0 saturated carbocycles. The van der Waals surface area contributed by atoms with Crippen molar-refractivity contribution in [1.82, 2.24) is 0 Å². The van der Waals surface area contributed by atoms with Crippen LogP contribution < -0.4 is 5.73 Å². The highest BCUT2D eigenvalue weighted by atomic mass is 32.2. The summed E-state index contributed by atoms with van der Waals surface area (Å²) in [5.74, 6) is 1.16. The average molecular weight is 194 g/mol. The number of rotatable bonds is 3. The third kappa shape index (κ3) is 2.49. The van der Waals surface area contributed by atoms with E-state index in [2.05, 4.69) is 6.92 Å². The zero-order valence-corrected chi connectivity index (χ0v) is 8.74. The average Bonchev–Trinajstić information content (AvgIpc) is 2.08. The number of hydrogen-bond acceptors (Lipinski definition) is 2. The summed E-state index contributed by atoms with van der Waals surface area (Å²) in [6, 6.07) is 6.03. The Bertz CT molecular complexity index is 321. The van der Waals surface area contributed by atoms with Crippen LogP contribution in [0.4, 0.5) is 0 Å². The van der Waals surface area contributed by atoms with E-state index in [-0.39, 0.29) is 5.84 Å². The highest BCUT2D eigenvalue weighted by Gasteiger charge is 2.04. The Morgan fingerprint density at radius 1 is 1.54 bits per heavy atom. The minimum absolute atomic E-state index is 0.152. The number of nitrogens with one attached hydrogen (secondary N) is 1. The molecule has 1 aromatic rings. The second-order valence-electron chi connectivity index (χ2n) is 2.85. The lowest BCUT2D eigenvalue weighted by atomic mass is 10.1. The van der Waals surface area contributed by atoms with Gasteiger partial charge in [-0.2, -0.15) is 0 Å². The fourth-order valence-electron chi connectivity index (χ4n) is 1.14. The smallest absolute Gasteiger partial charge is 0.123 e. The maximum absolute atomic E-state index is 7.42. The molecule has 0 saturated heterocycles. The molecule has 0 amide bonds. The van der Waals surface area contributed by atoms with E-state index in [0.29, 0.717) is 0 Å². The normalized spacial score (nSPS) is 10.0. The lowest BCUT2D eigenvalue weighted by molar-refractivity contribution is 1.30. The molecule has 0 aliphatic carbocycles. The highest BCUT2D eigenvalue weighted by Crippen LogP contribution is 2.22. The van der Waals surface area contributed by atoms with Crippen molar-refractivity contribution in [3.05, 3.63) is 29.3 Å². The van der Waals surface area contributed by atoms with Gasteiger partial charge in [-0.05, 0) is 24.8 Å². The monoisotopic (exact) mass is 194 g/mol. The van der Waals surface area contributed by atoms with Crippen molar-refractivity contribution in [2.24, 2.45) is 5.73 Å². The van der Waals surface area contributed by atoms with Crippen LogP contribution in [-0.4, -0.2) is 11.6 Å². The Hall–Kier alpha value is -0.960. The fourth-order valence-corrected chi connectivity index (χ4v) is 1.94. The summed E-state index contributed by atoms with van der Waals surface area (Å²) in [5, 5.41) is 7.42. The van der Waals surface area contributed by atoms with Gasteiger partial charge in [-0.3, -0.25) is 5.41 Å². The molecule has 0 heterocycles. The molecule has 3 heteroatoms. The van der Waals surface area contributed by atoms with E-state index < -0.39 is 0 Å². The van der Waals surface area contributed by atoms with Crippen molar-refractivity contribution in [2.75, 3.05) is 5.75 Å². The molecule has 0 aliphatic heterocycles. The number of nitrogens with two attached hydrogens (primary N) is 1. The molecule has 0 bridgehead atoms. The lowest BCUT2D eigenvalue weighted by Gasteiger charge is -2.07. The fraction of sp³-hybridized carbons (Fsp3) is 0.300. The van der Waals surface area contributed by atoms with Crippen molar-refractivity contribution in [3.8, 4) is 0 Å². The zero-order chi connectivity index (χ0) is 9.84. The molecule has 13 heavy (non-hydrogen) atoms. The van der Waals surface area contributed by atoms with Crippen LogP contribution in [0.5, 0.6) is 0 Å². The van der Waals surface area contributed by atoms with E-state index >= 15 is 0 Å². The van der Waals surface area contributed by atoms with Crippen LogP contribution >= 0.6 is 11.8 Å². The van der Waals surface area contributed by atoms with Gasteiger partial charge in [-0.25, -0.2) is 0 Å². The molecule has 0 aromatic heterocycles. The molecular formula is C10H14N2S. The van der Waals surface area contributed by atoms with Crippen molar-refractivity contribution < 1.29 is 0 Å². The van der Waals surface area contributed by atoms with Crippen molar-refractivity contribution in [3.63, 3.8) is 0 Å². The van der Waals surface area contributed by atoms with Crippen LogP contribution in [0.2, 0.25) is 0 Å². The van der Waals surface area contributed by atoms with Gasteiger partial charge >= 0.3 is 0 Å². The van der Waals surface area contributed by atoms with Gasteiger partial charge in [-0.1, -0.05) is 18.6 Å². The quantitative estimate of drug-likeness (QED) is 0.441. The van der Waals surface area contributed by atoms with E-state index in [1.807, 2.05) is 25.1 Å². The van der Waals surface area contributed by atoms with Crippen molar-refractivity contribution >= 4 is 17.6 Å². The van der Waals surface area contributed by atoms with Crippen LogP contribution in [-0.2, 0) is 0 Å². The van der Waals surface area contributed by atoms with Crippen molar-refractivity contribution in [1.29, 1.82) is 5.41 Å². The number of aryl methyl sites for hydroxylation is 1. The van der Waals surface area contributed by atoms with Crippen LogP contribution in [0.3, 0.4) is 0 Å². The Labute approximate surface area is 83.0 Å². The van der Waals surface area contributed by atoms with Crippen LogP contribution in [0, 0.1) is 12.3 Å². The molecule has 2 nitrogen and oxygen atoms in total. The summed E-state index contributed by atoms with van der Waals surface area (Å²) in [5.41, 5.74) is 7.48. The summed E-state index contributed by atoms with van der Waals surface area (Å²) in [6.07, 6.45) is 0. The first-order valence-electron chi connectivity index (χ1n) is 4.23. The van der Waals surface area contributed by atoms with E-state index in [0.717, 1.165) is 21.8 Å². The van der Waals surface area contributed by atoms with Gasteiger partial charge in [0.2, 0.25) is 0 Å². The van der Waals surface area contributed by atoms with Gasteiger partial charge in [0.15, 0.2) is 0 Å².